The van der Waals surface area contributed by atoms with Crippen molar-refractivity contribution in [2.45, 2.75) is 157 Å². The zero-order valence-corrected chi connectivity index (χ0v) is 40.1. The number of hydrogen-bond donors (Lipinski definition) is 0. The quantitative estimate of drug-likeness (QED) is 0.0339. The highest BCUT2D eigenvalue weighted by molar-refractivity contribution is 5.80. The van der Waals surface area contributed by atoms with Crippen LogP contribution in [0.5, 0.6) is 11.5 Å². The number of carbonyl (C=O) groups excluding carboxylic acids is 2. The fraction of sp³-hybridized carbons (Fsp3) is 0.615. The first kappa shape index (κ1) is 52.5. The molecule has 11 nitrogen and oxygen atoms in total. The predicted octanol–water partition coefficient (Wildman–Crippen LogP) is 15.5. The molecule has 0 aliphatic heterocycles. The lowest BCUT2D eigenvalue weighted by Gasteiger charge is -2.34. The van der Waals surface area contributed by atoms with E-state index in [4.69, 9.17) is 18.9 Å². The van der Waals surface area contributed by atoms with Crippen molar-refractivity contribution in [3.63, 3.8) is 0 Å². The van der Waals surface area contributed by atoms with Crippen LogP contribution in [0.15, 0.2) is 87.2 Å². The zero-order chi connectivity index (χ0) is 45.8. The molecule has 0 N–H and O–H groups in total. The van der Waals surface area contributed by atoms with E-state index in [1.54, 1.807) is 26.4 Å². The van der Waals surface area contributed by atoms with Gasteiger partial charge in [0.1, 0.15) is 29.5 Å². The van der Waals surface area contributed by atoms with Crippen LogP contribution in [0.25, 0.3) is 0 Å². The Morgan fingerprint density at radius 2 is 1.02 bits per heavy atom. The molecule has 0 saturated carbocycles. The van der Waals surface area contributed by atoms with E-state index in [0.717, 1.165) is 24.2 Å². The maximum atomic E-state index is 13.4. The number of azo groups is 2. The second kappa shape index (κ2) is 29.5. The van der Waals surface area contributed by atoms with Crippen molar-refractivity contribution in [1.82, 2.24) is 0 Å². The number of esters is 2. The van der Waals surface area contributed by atoms with Crippen LogP contribution >= 0.6 is 0 Å². The average molecular weight is 870 g/mol. The van der Waals surface area contributed by atoms with Gasteiger partial charge in [-0.2, -0.15) is 10.2 Å². The van der Waals surface area contributed by atoms with Crippen LogP contribution in [-0.4, -0.2) is 52.5 Å². The summed E-state index contributed by atoms with van der Waals surface area (Å²) in [6.07, 6.45) is 21.8. The van der Waals surface area contributed by atoms with Gasteiger partial charge < -0.3 is 23.8 Å². The highest BCUT2D eigenvalue weighted by Gasteiger charge is 2.43. The SMILES string of the molecule is CCCCCCCCCCCCCCCCCCOC(=O)C(C)(CC)CC(C)(C)C(=O)OCCN(CC)c1ccc(N=Nc2cc(OC)c(N=Nc3ccccc3)cc2OC)cc1. The van der Waals surface area contributed by atoms with Crippen LogP contribution in [0.1, 0.15) is 157 Å². The van der Waals surface area contributed by atoms with E-state index >= 15 is 0 Å². The van der Waals surface area contributed by atoms with E-state index in [1.807, 2.05) is 82.3 Å². The predicted molar refractivity (Wildman–Crippen MR) is 257 cm³/mol. The van der Waals surface area contributed by atoms with Crippen LogP contribution in [0.4, 0.5) is 28.4 Å². The molecule has 0 aliphatic rings. The molecule has 0 fully saturated rings. The number of anilines is 1. The Labute approximate surface area is 379 Å². The van der Waals surface area contributed by atoms with Crippen LogP contribution in [0.2, 0.25) is 0 Å². The van der Waals surface area contributed by atoms with Gasteiger partial charge in [0.15, 0.2) is 0 Å². The molecule has 63 heavy (non-hydrogen) atoms. The summed E-state index contributed by atoms with van der Waals surface area (Å²) in [7, 11) is 3.13. The number of likely N-dealkylation sites (N-methyl/N-ethyl adjacent to an activating group) is 1. The normalized spacial score (nSPS) is 12.7. The number of nitrogens with zero attached hydrogens (tertiary/aromatic N) is 5. The van der Waals surface area contributed by atoms with Gasteiger partial charge in [-0.15, -0.1) is 10.2 Å². The molecule has 1 atom stereocenters. The topological polar surface area (TPSA) is 124 Å². The summed E-state index contributed by atoms with van der Waals surface area (Å²) in [5.74, 6) is 0.415. The Balaban J connectivity index is 1.39. The molecule has 0 aromatic heterocycles. The zero-order valence-electron chi connectivity index (χ0n) is 40.1. The summed E-state index contributed by atoms with van der Waals surface area (Å²) in [5.41, 5.74) is 1.69. The minimum Gasteiger partial charge on any atom is -0.494 e. The lowest BCUT2D eigenvalue weighted by molar-refractivity contribution is -0.163. The lowest BCUT2D eigenvalue weighted by atomic mass is 9.72. The summed E-state index contributed by atoms with van der Waals surface area (Å²) in [6.45, 7) is 13.8. The van der Waals surface area contributed by atoms with E-state index in [1.165, 1.54) is 89.9 Å². The number of ether oxygens (including phenoxy) is 4. The first-order valence-electron chi connectivity index (χ1n) is 23.8. The molecule has 0 aliphatic carbocycles. The molecule has 3 aromatic rings. The van der Waals surface area contributed by atoms with Crippen molar-refractivity contribution in [1.29, 1.82) is 0 Å². The third kappa shape index (κ3) is 19.2. The highest BCUT2D eigenvalue weighted by Crippen LogP contribution is 2.41. The number of benzene rings is 3. The van der Waals surface area contributed by atoms with Crippen molar-refractivity contribution in [2.24, 2.45) is 31.3 Å². The minimum absolute atomic E-state index is 0.215. The van der Waals surface area contributed by atoms with Gasteiger partial charge in [0.05, 0.1) is 49.6 Å². The van der Waals surface area contributed by atoms with Crippen LogP contribution in [-0.2, 0) is 19.1 Å². The number of hydrogen-bond acceptors (Lipinski definition) is 11. The van der Waals surface area contributed by atoms with E-state index in [0.29, 0.717) is 61.1 Å². The molecule has 0 amide bonds. The van der Waals surface area contributed by atoms with Gasteiger partial charge in [-0.3, -0.25) is 9.59 Å². The van der Waals surface area contributed by atoms with Crippen molar-refractivity contribution in [3.05, 3.63) is 66.7 Å². The Bertz CT molecular complexity index is 1800. The molecule has 11 heteroatoms. The van der Waals surface area contributed by atoms with E-state index < -0.39 is 10.8 Å². The Morgan fingerprint density at radius 1 is 0.556 bits per heavy atom. The lowest BCUT2D eigenvalue weighted by Crippen LogP contribution is -2.39. The monoisotopic (exact) mass is 870 g/mol. The van der Waals surface area contributed by atoms with Crippen molar-refractivity contribution >= 4 is 40.4 Å². The fourth-order valence-electron chi connectivity index (χ4n) is 7.76. The van der Waals surface area contributed by atoms with Crippen molar-refractivity contribution in [2.75, 3.05) is 45.4 Å². The summed E-state index contributed by atoms with van der Waals surface area (Å²) in [4.78, 5) is 28.8. The number of rotatable bonds is 33. The van der Waals surface area contributed by atoms with Crippen LogP contribution < -0.4 is 14.4 Å². The van der Waals surface area contributed by atoms with Crippen molar-refractivity contribution < 1.29 is 28.5 Å². The number of carbonyl (C=O) groups is 2. The van der Waals surface area contributed by atoms with Crippen LogP contribution in [0.3, 0.4) is 0 Å². The molecule has 0 saturated heterocycles. The molecule has 3 rings (SSSR count). The molecule has 0 radical (unpaired) electrons. The highest BCUT2D eigenvalue weighted by atomic mass is 16.5. The summed E-state index contributed by atoms with van der Waals surface area (Å²) in [5, 5.41) is 17.5. The smallest absolute Gasteiger partial charge is 0.311 e. The molecule has 3 aromatic carbocycles. The van der Waals surface area contributed by atoms with E-state index in [2.05, 4.69) is 39.2 Å². The average Bonchev–Trinajstić information content (AvgIpc) is 3.30. The Kier molecular flexibility index (Phi) is 24.6. The summed E-state index contributed by atoms with van der Waals surface area (Å²) < 4.78 is 22.8. The largest absolute Gasteiger partial charge is 0.494 e. The second-order valence-electron chi connectivity index (χ2n) is 17.6. The molecular weight excluding hydrogens is 791 g/mol. The van der Waals surface area contributed by atoms with Gasteiger partial charge in [0.25, 0.3) is 0 Å². The first-order chi connectivity index (χ1) is 30.5. The third-order valence-electron chi connectivity index (χ3n) is 11.9. The molecule has 1 unspecified atom stereocenters. The second-order valence-corrected chi connectivity index (χ2v) is 17.6. The van der Waals surface area contributed by atoms with Crippen LogP contribution in [0, 0.1) is 10.8 Å². The fourth-order valence-corrected chi connectivity index (χ4v) is 7.76. The van der Waals surface area contributed by atoms with Gasteiger partial charge in [-0.1, -0.05) is 128 Å². The molecule has 0 heterocycles. The maximum absolute atomic E-state index is 13.4. The molecule has 0 spiro atoms. The van der Waals surface area contributed by atoms with Gasteiger partial charge >= 0.3 is 11.9 Å². The Hall–Kier alpha value is -4.80. The maximum Gasteiger partial charge on any atom is 0.311 e. The summed E-state index contributed by atoms with van der Waals surface area (Å²) >= 11 is 0. The van der Waals surface area contributed by atoms with Gasteiger partial charge in [0, 0.05) is 24.4 Å². The number of unbranched alkanes of at least 4 members (excludes halogenated alkanes) is 15. The first-order valence-corrected chi connectivity index (χ1v) is 23.8. The van der Waals surface area contributed by atoms with E-state index in [9.17, 15) is 9.59 Å². The molecule has 0 bridgehead atoms. The summed E-state index contributed by atoms with van der Waals surface area (Å²) in [6, 6.07) is 20.6. The molecule has 348 valence electrons. The van der Waals surface area contributed by atoms with E-state index in [-0.39, 0.29) is 18.5 Å². The van der Waals surface area contributed by atoms with Gasteiger partial charge in [-0.05, 0) is 83.4 Å². The molecular formula is C52H79N5O6. The van der Waals surface area contributed by atoms with Crippen molar-refractivity contribution in [3.8, 4) is 11.5 Å². The van der Waals surface area contributed by atoms with Gasteiger partial charge in [-0.25, -0.2) is 0 Å². The standard InChI is InChI=1S/C52H79N5O6/c1-9-12-13-14-15-16-17-18-19-20-21-22-23-24-25-29-37-62-50(59)52(6,10-2)41-51(4,5)49(58)63-38-36-57(11-3)44-34-32-43(33-35-44)54-56-46-40-47(60-7)45(39-48(46)61-8)55-53-42-30-27-26-28-31-42/h26-28,30-35,39-40H,9-25,29,36-38,41H2,1-8H3. The number of methoxy groups -OCH3 is 2. The van der Waals surface area contributed by atoms with Gasteiger partial charge in [0.2, 0.25) is 0 Å². The Morgan fingerprint density at radius 3 is 1.48 bits per heavy atom. The third-order valence-corrected chi connectivity index (χ3v) is 11.9. The minimum atomic E-state index is -0.860.